The summed E-state index contributed by atoms with van der Waals surface area (Å²) in [7, 11) is -3.59. The molecule has 1 aromatic heterocycles. The number of aromatic nitrogens is 1. The predicted molar refractivity (Wildman–Crippen MR) is 79.9 cm³/mol. The van der Waals surface area contributed by atoms with Crippen LogP contribution in [-0.2, 0) is 10.0 Å². The summed E-state index contributed by atoms with van der Waals surface area (Å²) in [5, 5.41) is 8.67. The van der Waals surface area contributed by atoms with Gasteiger partial charge >= 0.3 is 0 Å². The molecule has 1 aliphatic rings. The summed E-state index contributed by atoms with van der Waals surface area (Å²) in [5.41, 5.74) is 0.473. The van der Waals surface area contributed by atoms with Crippen LogP contribution in [0.15, 0.2) is 23.4 Å². The molecular formula is C15H20N2O3S. The van der Waals surface area contributed by atoms with E-state index in [1.165, 1.54) is 31.3 Å². The molecule has 1 saturated carbocycles. The average molecular weight is 308 g/mol. The van der Waals surface area contributed by atoms with Crippen molar-refractivity contribution in [1.82, 2.24) is 9.71 Å². The third kappa shape index (κ3) is 4.27. The SMILES string of the molecule is CC(NS(=O)(=O)c1cncc(C#CCO)c1)C1CCCC1. The van der Waals surface area contributed by atoms with E-state index < -0.39 is 10.0 Å². The minimum Gasteiger partial charge on any atom is -0.384 e. The number of hydrogen-bond donors (Lipinski definition) is 2. The Balaban J connectivity index is 2.15. The number of aliphatic hydroxyl groups is 1. The molecule has 21 heavy (non-hydrogen) atoms. The zero-order valence-electron chi connectivity index (χ0n) is 12.0. The molecule has 2 rings (SSSR count). The van der Waals surface area contributed by atoms with Crippen LogP contribution < -0.4 is 4.72 Å². The Morgan fingerprint density at radius 3 is 2.81 bits per heavy atom. The zero-order valence-corrected chi connectivity index (χ0v) is 12.9. The minimum absolute atomic E-state index is 0.0790. The van der Waals surface area contributed by atoms with Crippen molar-refractivity contribution in [2.45, 2.75) is 43.5 Å². The molecule has 1 aromatic rings. The second-order valence-corrected chi connectivity index (χ2v) is 7.04. The quantitative estimate of drug-likeness (QED) is 0.821. The first-order valence-corrected chi connectivity index (χ1v) is 8.58. The monoisotopic (exact) mass is 308 g/mol. The highest BCUT2D eigenvalue weighted by atomic mass is 32.2. The summed E-state index contributed by atoms with van der Waals surface area (Å²) < 4.78 is 27.5. The van der Waals surface area contributed by atoms with E-state index >= 15 is 0 Å². The molecule has 0 amide bonds. The Morgan fingerprint density at radius 2 is 2.14 bits per heavy atom. The van der Waals surface area contributed by atoms with Crippen molar-refractivity contribution < 1.29 is 13.5 Å². The molecule has 0 aliphatic heterocycles. The van der Waals surface area contributed by atoms with Gasteiger partial charge in [0, 0.05) is 24.0 Å². The van der Waals surface area contributed by atoms with Crippen LogP contribution in [0.1, 0.15) is 38.2 Å². The van der Waals surface area contributed by atoms with Gasteiger partial charge in [0.1, 0.15) is 11.5 Å². The van der Waals surface area contributed by atoms with Crippen LogP contribution >= 0.6 is 0 Å². The van der Waals surface area contributed by atoms with Crippen molar-refractivity contribution in [3.05, 3.63) is 24.0 Å². The average Bonchev–Trinajstić information content (AvgIpc) is 2.99. The lowest BCUT2D eigenvalue weighted by Crippen LogP contribution is -2.37. The molecule has 0 saturated heterocycles. The van der Waals surface area contributed by atoms with Gasteiger partial charge in [0.15, 0.2) is 0 Å². The van der Waals surface area contributed by atoms with E-state index in [2.05, 4.69) is 21.5 Å². The topological polar surface area (TPSA) is 79.3 Å². The zero-order chi connectivity index (χ0) is 15.3. The lowest BCUT2D eigenvalue weighted by molar-refractivity contribution is 0.350. The smallest absolute Gasteiger partial charge is 0.242 e. The van der Waals surface area contributed by atoms with Crippen LogP contribution in [-0.4, -0.2) is 31.2 Å². The number of sulfonamides is 1. The van der Waals surface area contributed by atoms with E-state index in [4.69, 9.17) is 5.11 Å². The minimum atomic E-state index is -3.59. The Bertz CT molecular complexity index is 640. The maximum absolute atomic E-state index is 12.4. The van der Waals surface area contributed by atoms with Gasteiger partial charge in [-0.3, -0.25) is 4.98 Å². The van der Waals surface area contributed by atoms with Gasteiger partial charge in [-0.25, -0.2) is 13.1 Å². The van der Waals surface area contributed by atoms with E-state index in [1.54, 1.807) is 0 Å². The number of aliphatic hydroxyl groups excluding tert-OH is 1. The van der Waals surface area contributed by atoms with Crippen LogP contribution in [0.25, 0.3) is 0 Å². The van der Waals surface area contributed by atoms with E-state index in [0.717, 1.165) is 12.8 Å². The molecule has 0 spiro atoms. The maximum Gasteiger partial charge on any atom is 0.242 e. The normalized spacial score (nSPS) is 17.2. The lowest BCUT2D eigenvalue weighted by atomic mass is 10.0. The highest BCUT2D eigenvalue weighted by molar-refractivity contribution is 7.89. The fourth-order valence-electron chi connectivity index (χ4n) is 2.64. The van der Waals surface area contributed by atoms with Crippen molar-refractivity contribution in [3.8, 4) is 11.8 Å². The summed E-state index contributed by atoms with van der Waals surface area (Å²) in [6, 6.07) is 1.39. The molecule has 0 aromatic carbocycles. The molecule has 1 aliphatic carbocycles. The Labute approximate surface area is 125 Å². The molecule has 5 nitrogen and oxygen atoms in total. The van der Waals surface area contributed by atoms with Gasteiger partial charge in [-0.05, 0) is 31.7 Å². The summed E-state index contributed by atoms with van der Waals surface area (Å²) in [4.78, 5) is 4.01. The van der Waals surface area contributed by atoms with E-state index in [-0.39, 0.29) is 17.5 Å². The van der Waals surface area contributed by atoms with Gasteiger partial charge in [0.25, 0.3) is 0 Å². The van der Waals surface area contributed by atoms with Crippen molar-refractivity contribution >= 4 is 10.0 Å². The van der Waals surface area contributed by atoms with Gasteiger partial charge in [-0.1, -0.05) is 24.7 Å². The molecule has 114 valence electrons. The van der Waals surface area contributed by atoms with Crippen LogP contribution in [0.2, 0.25) is 0 Å². The first-order chi connectivity index (χ1) is 10.0. The lowest BCUT2D eigenvalue weighted by Gasteiger charge is -2.20. The summed E-state index contributed by atoms with van der Waals surface area (Å²) >= 11 is 0. The molecular weight excluding hydrogens is 288 g/mol. The first kappa shape index (κ1) is 16.0. The fourth-order valence-corrected chi connectivity index (χ4v) is 3.94. The van der Waals surface area contributed by atoms with Crippen molar-refractivity contribution in [2.24, 2.45) is 5.92 Å². The predicted octanol–water partition coefficient (Wildman–Crippen LogP) is 1.28. The molecule has 1 fully saturated rings. The number of nitrogens with zero attached hydrogens (tertiary/aromatic N) is 1. The number of hydrogen-bond acceptors (Lipinski definition) is 4. The molecule has 0 radical (unpaired) electrons. The standard InChI is InChI=1S/C15H20N2O3S/c1-12(14-6-2-3-7-14)17-21(19,20)15-9-13(5-4-8-18)10-16-11-15/h9-12,14,17-18H,2-3,6-8H2,1H3. The van der Waals surface area contributed by atoms with Gasteiger partial charge in [-0.2, -0.15) is 0 Å². The number of rotatable bonds is 4. The highest BCUT2D eigenvalue weighted by Gasteiger charge is 2.26. The van der Waals surface area contributed by atoms with Gasteiger partial charge < -0.3 is 5.11 Å². The summed E-state index contributed by atoms with van der Waals surface area (Å²) in [5.74, 6) is 5.55. The Kier molecular flexibility index (Phi) is 5.34. The second-order valence-electron chi connectivity index (χ2n) is 5.32. The number of pyridine rings is 1. The van der Waals surface area contributed by atoms with E-state index in [1.807, 2.05) is 6.92 Å². The molecule has 1 atom stereocenters. The fraction of sp³-hybridized carbons (Fsp3) is 0.533. The highest BCUT2D eigenvalue weighted by Crippen LogP contribution is 2.28. The molecule has 1 unspecified atom stereocenters. The Hall–Kier alpha value is -1.42. The summed E-state index contributed by atoms with van der Waals surface area (Å²) in [6.45, 7) is 1.64. The van der Waals surface area contributed by atoms with Crippen molar-refractivity contribution in [2.75, 3.05) is 6.61 Å². The van der Waals surface area contributed by atoms with Crippen LogP contribution in [0.4, 0.5) is 0 Å². The molecule has 2 N–H and O–H groups in total. The van der Waals surface area contributed by atoms with Crippen molar-refractivity contribution in [3.63, 3.8) is 0 Å². The van der Waals surface area contributed by atoms with Crippen LogP contribution in [0.5, 0.6) is 0 Å². The number of nitrogens with one attached hydrogen (secondary N) is 1. The van der Waals surface area contributed by atoms with Gasteiger partial charge in [-0.15, -0.1) is 0 Å². The summed E-state index contributed by atoms with van der Waals surface area (Å²) in [6.07, 6.45) is 7.28. The van der Waals surface area contributed by atoms with E-state index in [9.17, 15) is 8.42 Å². The third-order valence-corrected chi connectivity index (χ3v) is 5.31. The van der Waals surface area contributed by atoms with Gasteiger partial charge in [0.05, 0.1) is 0 Å². The van der Waals surface area contributed by atoms with Crippen LogP contribution in [0.3, 0.4) is 0 Å². The largest absolute Gasteiger partial charge is 0.384 e. The molecule has 1 heterocycles. The Morgan fingerprint density at radius 1 is 1.43 bits per heavy atom. The maximum atomic E-state index is 12.4. The first-order valence-electron chi connectivity index (χ1n) is 7.10. The van der Waals surface area contributed by atoms with E-state index in [0.29, 0.717) is 11.5 Å². The van der Waals surface area contributed by atoms with Gasteiger partial charge in [0.2, 0.25) is 10.0 Å². The molecule has 6 heteroatoms. The van der Waals surface area contributed by atoms with Crippen molar-refractivity contribution in [1.29, 1.82) is 0 Å². The third-order valence-electron chi connectivity index (χ3n) is 3.78. The van der Waals surface area contributed by atoms with Crippen LogP contribution in [0, 0.1) is 17.8 Å². The molecule has 0 bridgehead atoms. The second kappa shape index (κ2) is 7.03.